The van der Waals surface area contributed by atoms with Gasteiger partial charge in [0.1, 0.15) is 18.5 Å². The largest absolute Gasteiger partial charge is 0.506 e. The van der Waals surface area contributed by atoms with Gasteiger partial charge in [0, 0.05) is 68.9 Å². The molecule has 0 spiro atoms. The number of nitrogens with one attached hydrogen (secondary N) is 3. The molecule has 2 heterocycles. The van der Waals surface area contributed by atoms with Crippen molar-refractivity contribution in [2.45, 2.75) is 57.3 Å². The molecule has 1 atom stereocenters. The van der Waals surface area contributed by atoms with E-state index in [1.807, 2.05) is 54.6 Å². The number of anilines is 2. The molecule has 17 heteroatoms. The number of piperidine rings is 1. The molecule has 4 aromatic carbocycles. The van der Waals surface area contributed by atoms with Crippen LogP contribution in [-0.2, 0) is 35.2 Å². The number of carbonyl (C=O) groups is 5. The molecule has 6 rings (SSSR count). The number of fused-ring (bicyclic) bond motifs is 1. The van der Waals surface area contributed by atoms with E-state index in [0.717, 1.165) is 16.7 Å². The maximum absolute atomic E-state index is 13.8. The smallest absolute Gasteiger partial charge is 0.429 e. The predicted molar refractivity (Wildman–Crippen MR) is 238 cm³/mol. The highest BCUT2D eigenvalue weighted by Gasteiger charge is 2.33. The third-order valence-corrected chi connectivity index (χ3v) is 10.8. The number of rotatable bonds is 18. The topological polar surface area (TPSA) is 231 Å². The Morgan fingerprint density at radius 2 is 1.59 bits per heavy atom. The van der Waals surface area contributed by atoms with E-state index in [2.05, 4.69) is 15.6 Å². The molecule has 17 nitrogen and oxygen atoms in total. The van der Waals surface area contributed by atoms with Gasteiger partial charge in [-0.05, 0) is 72.7 Å². The van der Waals surface area contributed by atoms with Crippen LogP contribution in [0.25, 0.3) is 22.0 Å². The van der Waals surface area contributed by atoms with E-state index >= 15 is 0 Å². The number of hydrazine groups is 1. The summed E-state index contributed by atoms with van der Waals surface area (Å²) in [6, 6.07) is 30.1. The van der Waals surface area contributed by atoms with E-state index in [4.69, 9.17) is 14.6 Å². The van der Waals surface area contributed by atoms with Crippen LogP contribution in [0.1, 0.15) is 55.8 Å². The standard InChI is InChI=1S/C47H52N6O11/c1-51(25-8-7-13-41(56)49-33-16-14-31(15-17-33)29-48-30-40(55)36-18-20-39(54)44-37(36)19-21-42(57)50-44)43(58)24-28-63-47(62)53(52-26-22-34(23-27-52)64-46(61)45(59)60)38-12-6-5-11-35(38)32-9-3-2-4-10-32/h2-6,9-12,14-21,34,40,48,54-55H,7-8,13,22-30H2,1H3,(H,49,56)(H,50,57)(H,59,60). The van der Waals surface area contributed by atoms with Crippen molar-refractivity contribution >= 4 is 52.1 Å². The Balaban J connectivity index is 0.914. The molecule has 1 saturated heterocycles. The van der Waals surface area contributed by atoms with Crippen molar-refractivity contribution in [3.05, 3.63) is 125 Å². The number of carbonyl (C=O) groups excluding carboxylic acids is 4. The number of aliphatic carboxylic acids is 1. The lowest BCUT2D eigenvalue weighted by atomic mass is 10.0. The number of para-hydroxylation sites is 1. The highest BCUT2D eigenvalue weighted by atomic mass is 16.6. The molecular formula is C47H52N6O11. The summed E-state index contributed by atoms with van der Waals surface area (Å²) in [6.45, 7) is 1.42. The summed E-state index contributed by atoms with van der Waals surface area (Å²) in [5.41, 5.74) is 4.23. The number of hydrogen-bond acceptors (Lipinski definition) is 12. The number of phenols is 1. The fraction of sp³-hybridized carbons (Fsp3) is 0.319. The van der Waals surface area contributed by atoms with E-state index in [0.29, 0.717) is 48.3 Å². The average molecular weight is 877 g/mol. The lowest BCUT2D eigenvalue weighted by Crippen LogP contribution is -2.52. The molecule has 0 bridgehead atoms. The first-order valence-corrected chi connectivity index (χ1v) is 21.0. The fourth-order valence-corrected chi connectivity index (χ4v) is 7.43. The SMILES string of the molecule is CN(CCCCC(=O)Nc1ccc(CNCC(O)c2ccc(O)c3[nH]c(=O)ccc23)cc1)C(=O)CCOC(=O)N(c1ccccc1-c1ccccc1)N1CCC(OC(=O)C(=O)O)CC1. The number of pyridine rings is 1. The van der Waals surface area contributed by atoms with Gasteiger partial charge in [-0.2, -0.15) is 0 Å². The molecule has 5 aromatic rings. The van der Waals surface area contributed by atoms with E-state index in [1.165, 1.54) is 22.0 Å². The number of benzene rings is 4. The molecule has 1 aliphatic heterocycles. The molecule has 3 amide bonds. The lowest BCUT2D eigenvalue weighted by molar-refractivity contribution is -0.168. The molecule has 6 N–H and O–H groups in total. The number of H-pyrrole nitrogens is 1. The number of phenolic OH excluding ortho intramolecular Hbond substituents is 1. The Morgan fingerprint density at radius 3 is 2.33 bits per heavy atom. The summed E-state index contributed by atoms with van der Waals surface area (Å²) in [5, 5.41) is 39.7. The summed E-state index contributed by atoms with van der Waals surface area (Å²) in [4.78, 5) is 78.0. The predicted octanol–water partition coefficient (Wildman–Crippen LogP) is 5.33. The van der Waals surface area contributed by atoms with Gasteiger partial charge in [-0.1, -0.05) is 66.7 Å². The van der Waals surface area contributed by atoms with E-state index in [9.17, 15) is 39.0 Å². The zero-order chi connectivity index (χ0) is 45.6. The quantitative estimate of drug-likeness (QED) is 0.0372. The minimum absolute atomic E-state index is 0.0606. The third-order valence-electron chi connectivity index (χ3n) is 10.8. The van der Waals surface area contributed by atoms with Crippen molar-refractivity contribution in [2.24, 2.45) is 0 Å². The minimum atomic E-state index is -1.67. The lowest BCUT2D eigenvalue weighted by Gasteiger charge is -2.39. The van der Waals surface area contributed by atoms with Crippen molar-refractivity contribution in [2.75, 3.05) is 50.2 Å². The first kappa shape index (κ1) is 46.4. The molecule has 1 aliphatic rings. The Kier molecular flexibility index (Phi) is 16.2. The summed E-state index contributed by atoms with van der Waals surface area (Å²) in [7, 11) is 1.66. The monoisotopic (exact) mass is 876 g/mol. The molecule has 64 heavy (non-hydrogen) atoms. The van der Waals surface area contributed by atoms with Crippen LogP contribution >= 0.6 is 0 Å². The number of aromatic amines is 1. The van der Waals surface area contributed by atoms with Gasteiger partial charge in [-0.15, -0.1) is 0 Å². The first-order valence-electron chi connectivity index (χ1n) is 21.0. The Hall–Kier alpha value is -7.08. The summed E-state index contributed by atoms with van der Waals surface area (Å²) < 4.78 is 10.8. The van der Waals surface area contributed by atoms with E-state index in [1.54, 1.807) is 48.5 Å². The summed E-state index contributed by atoms with van der Waals surface area (Å²) in [6.07, 6.45) is -0.334. The normalized spacial score (nSPS) is 13.5. The number of aromatic hydroxyl groups is 1. The molecule has 0 radical (unpaired) electrons. The fourth-order valence-electron chi connectivity index (χ4n) is 7.43. The molecule has 336 valence electrons. The second-order valence-corrected chi connectivity index (χ2v) is 15.4. The average Bonchev–Trinajstić information content (AvgIpc) is 3.29. The van der Waals surface area contributed by atoms with Gasteiger partial charge >= 0.3 is 18.0 Å². The molecule has 1 unspecified atom stereocenters. The number of hydrogen-bond donors (Lipinski definition) is 6. The van der Waals surface area contributed by atoms with Crippen molar-refractivity contribution in [1.82, 2.24) is 20.2 Å². The van der Waals surface area contributed by atoms with Gasteiger partial charge in [0.25, 0.3) is 0 Å². The molecule has 0 saturated carbocycles. The number of aliphatic hydroxyl groups excluding tert-OH is 1. The molecular weight excluding hydrogens is 825 g/mol. The maximum Gasteiger partial charge on any atom is 0.429 e. The second-order valence-electron chi connectivity index (χ2n) is 15.4. The number of amides is 3. The summed E-state index contributed by atoms with van der Waals surface area (Å²) in [5.74, 6) is -3.47. The van der Waals surface area contributed by atoms with Crippen molar-refractivity contribution < 1.29 is 48.8 Å². The van der Waals surface area contributed by atoms with Crippen LogP contribution < -0.4 is 21.2 Å². The van der Waals surface area contributed by atoms with Crippen LogP contribution in [0.5, 0.6) is 5.75 Å². The van der Waals surface area contributed by atoms with E-state index < -0.39 is 30.2 Å². The number of esters is 1. The highest BCUT2D eigenvalue weighted by Crippen LogP contribution is 2.34. The maximum atomic E-state index is 13.8. The second kappa shape index (κ2) is 22.3. The van der Waals surface area contributed by atoms with Crippen LogP contribution in [0.15, 0.2) is 108 Å². The highest BCUT2D eigenvalue weighted by molar-refractivity contribution is 6.28. The van der Waals surface area contributed by atoms with Crippen molar-refractivity contribution in [3.8, 4) is 16.9 Å². The van der Waals surface area contributed by atoms with Crippen LogP contribution in [0.4, 0.5) is 16.2 Å². The minimum Gasteiger partial charge on any atom is -0.506 e. The van der Waals surface area contributed by atoms with Crippen LogP contribution in [0.2, 0.25) is 0 Å². The van der Waals surface area contributed by atoms with Crippen LogP contribution in [0, 0.1) is 0 Å². The zero-order valence-electron chi connectivity index (χ0n) is 35.4. The number of unbranched alkanes of at least 4 members (excludes halogenated alkanes) is 1. The van der Waals surface area contributed by atoms with E-state index in [-0.39, 0.29) is 80.6 Å². The molecule has 1 fully saturated rings. The van der Waals surface area contributed by atoms with Gasteiger partial charge < -0.3 is 45.3 Å². The van der Waals surface area contributed by atoms with Crippen molar-refractivity contribution in [3.63, 3.8) is 0 Å². The van der Waals surface area contributed by atoms with Crippen molar-refractivity contribution in [1.29, 1.82) is 0 Å². The Bertz CT molecular complexity index is 2470. The van der Waals surface area contributed by atoms with Gasteiger partial charge in [0.2, 0.25) is 17.4 Å². The van der Waals surface area contributed by atoms with Gasteiger partial charge in [0.05, 0.1) is 23.7 Å². The number of nitrogens with zero attached hydrogens (tertiary/aromatic N) is 3. The van der Waals surface area contributed by atoms with Gasteiger partial charge in [-0.25, -0.2) is 24.4 Å². The number of aromatic nitrogens is 1. The summed E-state index contributed by atoms with van der Waals surface area (Å²) >= 11 is 0. The number of ether oxygens (including phenoxy) is 2. The number of carboxylic acid groups (broad SMARTS) is 1. The Morgan fingerprint density at radius 1 is 0.875 bits per heavy atom. The van der Waals surface area contributed by atoms with Gasteiger partial charge in [-0.3, -0.25) is 14.4 Å². The van der Waals surface area contributed by atoms with Gasteiger partial charge in [0.15, 0.2) is 0 Å². The molecule has 1 aromatic heterocycles. The van der Waals surface area contributed by atoms with Crippen LogP contribution in [-0.4, -0.2) is 106 Å². The first-order chi connectivity index (χ1) is 30.9. The molecule has 0 aliphatic carbocycles. The zero-order valence-corrected chi connectivity index (χ0v) is 35.4. The number of carboxylic acids is 1. The Labute approximate surface area is 369 Å². The third kappa shape index (κ3) is 12.5. The number of aliphatic hydroxyl groups is 1. The van der Waals surface area contributed by atoms with Crippen LogP contribution in [0.3, 0.4) is 0 Å².